The fourth-order valence-corrected chi connectivity index (χ4v) is 3.83. The Labute approximate surface area is 185 Å². The number of likely N-dealkylation sites (tertiary alicyclic amines) is 1. The second-order valence-corrected chi connectivity index (χ2v) is 8.52. The molecular formula is C23H29F3N2O4. The number of ether oxygens (including phenoxy) is 1. The first-order chi connectivity index (χ1) is 15.2. The lowest BCUT2D eigenvalue weighted by Crippen LogP contribution is -2.45. The van der Waals surface area contributed by atoms with Gasteiger partial charge in [-0.1, -0.05) is 35.5 Å². The maximum absolute atomic E-state index is 10.6. The number of hydrogen-bond acceptors (Lipinski definition) is 5. The minimum Gasteiger partial charge on any atom is -0.475 e. The van der Waals surface area contributed by atoms with Crippen molar-refractivity contribution in [3.8, 4) is 0 Å². The Hall–Kier alpha value is -2.39. The van der Waals surface area contributed by atoms with Crippen LogP contribution in [-0.2, 0) is 22.5 Å². The molecule has 176 valence electrons. The van der Waals surface area contributed by atoms with E-state index in [4.69, 9.17) is 19.2 Å². The van der Waals surface area contributed by atoms with Crippen molar-refractivity contribution in [2.24, 2.45) is 11.8 Å². The van der Waals surface area contributed by atoms with Crippen molar-refractivity contribution in [3.63, 3.8) is 0 Å². The third-order valence-electron chi connectivity index (χ3n) is 5.64. The Balaban J connectivity index is 0.000000360. The molecule has 1 aliphatic heterocycles. The Morgan fingerprint density at radius 1 is 1.25 bits per heavy atom. The molecule has 4 rings (SSSR count). The van der Waals surface area contributed by atoms with Gasteiger partial charge in [-0.25, -0.2) is 4.79 Å². The molecule has 2 fully saturated rings. The first kappa shape index (κ1) is 24.3. The fourth-order valence-electron chi connectivity index (χ4n) is 3.83. The number of aliphatic carboxylic acids is 1. The summed E-state index contributed by atoms with van der Waals surface area (Å²) in [5.74, 6) is -0.498. The van der Waals surface area contributed by atoms with Crippen LogP contribution in [0.4, 0.5) is 13.2 Å². The van der Waals surface area contributed by atoms with Crippen molar-refractivity contribution in [3.05, 3.63) is 53.4 Å². The van der Waals surface area contributed by atoms with Gasteiger partial charge in [-0.15, -0.1) is 0 Å². The van der Waals surface area contributed by atoms with Crippen molar-refractivity contribution < 1.29 is 32.3 Å². The van der Waals surface area contributed by atoms with Crippen molar-refractivity contribution in [2.45, 2.75) is 51.4 Å². The Kier molecular flexibility index (Phi) is 8.31. The predicted octanol–water partition coefficient (Wildman–Crippen LogP) is 4.48. The number of carboxylic acid groups (broad SMARTS) is 1. The molecule has 6 nitrogen and oxygen atoms in total. The predicted molar refractivity (Wildman–Crippen MR) is 111 cm³/mol. The van der Waals surface area contributed by atoms with Gasteiger partial charge in [-0.3, -0.25) is 4.90 Å². The lowest BCUT2D eigenvalue weighted by atomic mass is 9.88. The van der Waals surface area contributed by atoms with Crippen LogP contribution in [0, 0.1) is 18.8 Å². The topological polar surface area (TPSA) is 75.8 Å². The van der Waals surface area contributed by atoms with Gasteiger partial charge in [0.2, 0.25) is 0 Å². The molecule has 1 aromatic heterocycles. The molecule has 1 saturated heterocycles. The van der Waals surface area contributed by atoms with Gasteiger partial charge < -0.3 is 14.4 Å². The number of rotatable bonds is 7. The number of alkyl halides is 3. The zero-order chi connectivity index (χ0) is 23.1. The van der Waals surface area contributed by atoms with E-state index in [2.05, 4.69) is 40.4 Å². The van der Waals surface area contributed by atoms with Gasteiger partial charge in [0, 0.05) is 38.2 Å². The molecule has 0 amide bonds. The number of benzene rings is 1. The number of carboxylic acids is 1. The van der Waals surface area contributed by atoms with Crippen LogP contribution in [0.1, 0.15) is 36.3 Å². The van der Waals surface area contributed by atoms with Crippen LogP contribution in [-0.4, -0.2) is 53.1 Å². The van der Waals surface area contributed by atoms with Gasteiger partial charge in [0.05, 0.1) is 11.8 Å². The maximum atomic E-state index is 10.6. The number of nitrogens with zero attached hydrogens (tertiary/aromatic N) is 2. The van der Waals surface area contributed by atoms with E-state index in [9.17, 15) is 13.2 Å². The van der Waals surface area contributed by atoms with Gasteiger partial charge in [-0.05, 0) is 44.1 Å². The highest BCUT2D eigenvalue weighted by Gasteiger charge is 2.38. The smallest absolute Gasteiger partial charge is 0.475 e. The van der Waals surface area contributed by atoms with Crippen molar-refractivity contribution in [1.82, 2.24) is 10.1 Å². The number of piperidine rings is 1. The third kappa shape index (κ3) is 7.94. The molecule has 1 N–H and O–H groups in total. The van der Waals surface area contributed by atoms with Crippen molar-refractivity contribution in [1.29, 1.82) is 0 Å². The van der Waals surface area contributed by atoms with Gasteiger partial charge in [0.1, 0.15) is 5.76 Å². The molecule has 0 bridgehead atoms. The minimum atomic E-state index is -5.08. The summed E-state index contributed by atoms with van der Waals surface area (Å²) in [7, 11) is 0. The molecule has 2 atom stereocenters. The number of aromatic nitrogens is 1. The molecule has 2 aliphatic rings. The first-order valence-corrected chi connectivity index (χ1v) is 10.8. The second-order valence-electron chi connectivity index (χ2n) is 8.52. The van der Waals surface area contributed by atoms with Crippen molar-refractivity contribution in [2.75, 3.05) is 19.7 Å². The molecule has 1 aliphatic carbocycles. The van der Waals surface area contributed by atoms with Crippen LogP contribution in [0.2, 0.25) is 0 Å². The highest BCUT2D eigenvalue weighted by Crippen LogP contribution is 2.32. The minimum absolute atomic E-state index is 0.385. The third-order valence-corrected chi connectivity index (χ3v) is 5.64. The van der Waals surface area contributed by atoms with E-state index in [0.29, 0.717) is 12.0 Å². The summed E-state index contributed by atoms with van der Waals surface area (Å²) in [4.78, 5) is 11.4. The van der Waals surface area contributed by atoms with Crippen molar-refractivity contribution >= 4 is 5.97 Å². The summed E-state index contributed by atoms with van der Waals surface area (Å²) >= 11 is 0. The van der Waals surface area contributed by atoms with E-state index in [1.807, 2.05) is 13.0 Å². The Morgan fingerprint density at radius 2 is 1.94 bits per heavy atom. The van der Waals surface area contributed by atoms with E-state index in [0.717, 1.165) is 56.5 Å². The highest BCUT2D eigenvalue weighted by atomic mass is 19.4. The summed E-state index contributed by atoms with van der Waals surface area (Å²) in [6.45, 7) is 5.92. The van der Waals surface area contributed by atoms with Gasteiger partial charge >= 0.3 is 12.1 Å². The van der Waals surface area contributed by atoms with E-state index in [1.54, 1.807) is 0 Å². The quantitative estimate of drug-likeness (QED) is 0.665. The average molecular weight is 454 g/mol. The molecule has 0 unspecified atom stereocenters. The van der Waals surface area contributed by atoms with Crippen LogP contribution < -0.4 is 0 Å². The molecule has 0 spiro atoms. The van der Waals surface area contributed by atoms with E-state index in [1.165, 1.54) is 18.4 Å². The Bertz CT molecular complexity index is 852. The second kappa shape index (κ2) is 11.0. The summed E-state index contributed by atoms with van der Waals surface area (Å²) in [5, 5.41) is 11.3. The largest absolute Gasteiger partial charge is 0.490 e. The number of hydrogen-bond donors (Lipinski definition) is 1. The Morgan fingerprint density at radius 3 is 2.50 bits per heavy atom. The van der Waals surface area contributed by atoms with Crippen LogP contribution in [0.25, 0.3) is 0 Å². The summed E-state index contributed by atoms with van der Waals surface area (Å²) in [5.41, 5.74) is 2.44. The monoisotopic (exact) mass is 454 g/mol. The fraction of sp³-hybridized carbons (Fsp3) is 0.565. The standard InChI is InChI=1S/C21H28N2O2.C2HF3O2/c1-16-11-20(22-25-16)14-23-10-9-21(24-15-18-7-8-18)19(13-23)12-17-5-3-2-4-6-17;3-2(4,5)1(6)7/h2-6,11,18-19,21H,7-10,12-15H2,1H3;(H,6,7)/t19-,21-;/m0./s1. The van der Waals surface area contributed by atoms with Gasteiger partial charge in [0.15, 0.2) is 0 Å². The number of halogens is 3. The van der Waals surface area contributed by atoms with Crippen LogP contribution in [0.5, 0.6) is 0 Å². The summed E-state index contributed by atoms with van der Waals surface area (Å²) in [6.07, 6.45) is 0.212. The SMILES string of the molecule is Cc1cc(CN2CC[C@H](OCC3CC3)[C@@H](Cc3ccccc3)C2)no1.O=C(O)C(F)(F)F. The van der Waals surface area contributed by atoms with Crippen LogP contribution in [0.3, 0.4) is 0 Å². The molecule has 2 heterocycles. The molecule has 32 heavy (non-hydrogen) atoms. The summed E-state index contributed by atoms with van der Waals surface area (Å²) in [6, 6.07) is 12.9. The van der Waals surface area contributed by atoms with E-state index in [-0.39, 0.29) is 0 Å². The lowest BCUT2D eigenvalue weighted by molar-refractivity contribution is -0.192. The molecule has 0 radical (unpaired) electrons. The van der Waals surface area contributed by atoms with Gasteiger partial charge in [-0.2, -0.15) is 13.2 Å². The first-order valence-electron chi connectivity index (χ1n) is 10.8. The zero-order valence-corrected chi connectivity index (χ0v) is 18.1. The molecule has 2 aromatic rings. The molecule has 1 saturated carbocycles. The van der Waals surface area contributed by atoms with E-state index >= 15 is 0 Å². The molecule has 9 heteroatoms. The normalized spacial score (nSPS) is 21.6. The van der Waals surface area contributed by atoms with Crippen LogP contribution >= 0.6 is 0 Å². The molecular weight excluding hydrogens is 425 g/mol. The van der Waals surface area contributed by atoms with E-state index < -0.39 is 12.1 Å². The maximum Gasteiger partial charge on any atom is 0.490 e. The number of carbonyl (C=O) groups is 1. The highest BCUT2D eigenvalue weighted by molar-refractivity contribution is 5.73. The van der Waals surface area contributed by atoms with Crippen LogP contribution in [0.15, 0.2) is 40.9 Å². The molecule has 1 aromatic carbocycles. The summed E-state index contributed by atoms with van der Waals surface area (Å²) < 4.78 is 43.3. The lowest BCUT2D eigenvalue weighted by Gasteiger charge is -2.38. The zero-order valence-electron chi connectivity index (χ0n) is 18.1. The van der Waals surface area contributed by atoms with Gasteiger partial charge in [0.25, 0.3) is 0 Å². The average Bonchev–Trinajstić information content (AvgIpc) is 3.48. The number of aryl methyl sites for hydroxylation is 1.